The summed E-state index contributed by atoms with van der Waals surface area (Å²) in [6, 6.07) is 0.880. The van der Waals surface area contributed by atoms with Crippen LogP contribution in [0.2, 0.25) is 0 Å². The van der Waals surface area contributed by atoms with Crippen LogP contribution in [0.25, 0.3) is 0 Å². The van der Waals surface area contributed by atoms with E-state index in [1.807, 2.05) is 4.90 Å². The number of ether oxygens (including phenoxy) is 2. The second kappa shape index (κ2) is 15.7. The van der Waals surface area contributed by atoms with E-state index in [9.17, 15) is 14.7 Å². The summed E-state index contributed by atoms with van der Waals surface area (Å²) in [5, 5.41) is 24.9. The van der Waals surface area contributed by atoms with E-state index < -0.39 is 6.10 Å². The Morgan fingerprint density at radius 3 is 2.56 bits per heavy atom. The van der Waals surface area contributed by atoms with Crippen LogP contribution < -0.4 is 21.3 Å². The summed E-state index contributed by atoms with van der Waals surface area (Å²) in [6.07, 6.45) is 9.82. The molecule has 5 N–H and O–H groups in total. The number of piperidine rings is 2. The highest BCUT2D eigenvalue weighted by Gasteiger charge is 2.39. The number of nitrogens with zero attached hydrogens (tertiary/aromatic N) is 3. The number of β-amino-alcohol motifs (C(OH)–C–C–N with tert-alkyl or cyclic N) is 1. The van der Waals surface area contributed by atoms with Crippen molar-refractivity contribution < 1.29 is 24.2 Å². The van der Waals surface area contributed by atoms with E-state index in [2.05, 4.69) is 38.0 Å². The van der Waals surface area contributed by atoms with Gasteiger partial charge in [-0.2, -0.15) is 0 Å². The summed E-state index contributed by atoms with van der Waals surface area (Å²) in [5.74, 6) is 1.42. The minimum atomic E-state index is -0.576. The van der Waals surface area contributed by atoms with Gasteiger partial charge in [0, 0.05) is 70.7 Å². The van der Waals surface area contributed by atoms with Gasteiger partial charge in [0.15, 0.2) is 0 Å². The number of nitrogens with one attached hydrogen (secondary N) is 4. The molecule has 12 nitrogen and oxygen atoms in total. The van der Waals surface area contributed by atoms with Crippen LogP contribution >= 0.6 is 0 Å². The van der Waals surface area contributed by atoms with Gasteiger partial charge in [-0.25, -0.2) is 0 Å². The standard InChI is InChI=1S/C33H59N7O5/c1-22-30(45-21-35-22)20-44-29-7-6-25-18-38(9-8-24(25)14-29)19-28(42)17-34-33(43)26-15-31(36-27-4-3-5-27)37-32(16-26)40-12-10-39(11-13-40)23(2)41/h22,24-32,35-37,42H,3-21H2,1-2H3,(H,34,43)/t22?,24?,25?,26?,28-,29?,30?,31?,32?/m0/s1. The molecule has 0 spiro atoms. The monoisotopic (exact) mass is 633 g/mol. The molecule has 4 heterocycles. The maximum absolute atomic E-state index is 13.5. The third kappa shape index (κ3) is 8.95. The van der Waals surface area contributed by atoms with Crippen LogP contribution in [0.5, 0.6) is 0 Å². The topological polar surface area (TPSA) is 131 Å². The number of hydrogen-bond donors (Lipinski definition) is 5. The molecule has 0 radical (unpaired) electrons. The minimum absolute atomic E-state index is 0.0496. The Morgan fingerprint density at radius 1 is 1.02 bits per heavy atom. The van der Waals surface area contributed by atoms with E-state index >= 15 is 0 Å². The fourth-order valence-corrected chi connectivity index (χ4v) is 8.49. The predicted octanol–water partition coefficient (Wildman–Crippen LogP) is 0.263. The molecule has 6 fully saturated rings. The molecule has 4 aliphatic heterocycles. The zero-order chi connectivity index (χ0) is 31.3. The Morgan fingerprint density at radius 2 is 1.84 bits per heavy atom. The van der Waals surface area contributed by atoms with E-state index in [0.29, 0.717) is 56.5 Å². The number of piperazine rings is 1. The van der Waals surface area contributed by atoms with Crippen LogP contribution in [0.4, 0.5) is 0 Å². The summed E-state index contributed by atoms with van der Waals surface area (Å²) < 4.78 is 12.0. The number of fused-ring (bicyclic) bond motifs is 1. The third-order valence-electron chi connectivity index (χ3n) is 11.7. The van der Waals surface area contributed by atoms with Gasteiger partial charge in [0.2, 0.25) is 11.8 Å². The first kappa shape index (κ1) is 33.5. The highest BCUT2D eigenvalue weighted by atomic mass is 16.5. The van der Waals surface area contributed by atoms with Crippen LogP contribution in [-0.4, -0.2) is 140 Å². The molecule has 256 valence electrons. The summed E-state index contributed by atoms with van der Waals surface area (Å²) in [4.78, 5) is 32.0. The van der Waals surface area contributed by atoms with Crippen molar-refractivity contribution in [2.75, 3.05) is 65.7 Å². The molecular weight excluding hydrogens is 574 g/mol. The normalized spacial score (nSPS) is 37.5. The molecule has 0 aromatic carbocycles. The van der Waals surface area contributed by atoms with E-state index in [1.165, 1.54) is 25.7 Å². The summed E-state index contributed by atoms with van der Waals surface area (Å²) in [5.41, 5.74) is 0. The van der Waals surface area contributed by atoms with E-state index in [-0.39, 0.29) is 36.2 Å². The molecule has 2 saturated carbocycles. The first-order valence-corrected chi connectivity index (χ1v) is 18.0. The van der Waals surface area contributed by atoms with Gasteiger partial charge >= 0.3 is 0 Å². The van der Waals surface area contributed by atoms with E-state index in [1.54, 1.807) is 6.92 Å². The lowest BCUT2D eigenvalue weighted by atomic mass is 9.74. The first-order chi connectivity index (χ1) is 21.8. The Bertz CT molecular complexity index is 979. The van der Waals surface area contributed by atoms with Gasteiger partial charge in [-0.05, 0) is 76.7 Å². The zero-order valence-electron chi connectivity index (χ0n) is 27.6. The van der Waals surface area contributed by atoms with Crippen molar-refractivity contribution in [2.45, 2.75) is 114 Å². The molecule has 0 bridgehead atoms. The molecule has 6 rings (SSSR count). The average Bonchev–Trinajstić information content (AvgIpc) is 3.44. The zero-order valence-corrected chi connectivity index (χ0v) is 27.6. The highest BCUT2D eigenvalue weighted by molar-refractivity contribution is 5.79. The fourth-order valence-electron chi connectivity index (χ4n) is 8.49. The summed E-state index contributed by atoms with van der Waals surface area (Å²) >= 11 is 0. The second-order valence-electron chi connectivity index (χ2n) is 14.8. The second-order valence-corrected chi connectivity index (χ2v) is 14.8. The van der Waals surface area contributed by atoms with Crippen molar-refractivity contribution >= 4 is 11.8 Å². The van der Waals surface area contributed by atoms with Gasteiger partial charge in [0.05, 0.1) is 44.0 Å². The van der Waals surface area contributed by atoms with Crippen LogP contribution in [0.15, 0.2) is 0 Å². The molecule has 0 aromatic rings. The van der Waals surface area contributed by atoms with Crippen molar-refractivity contribution in [1.82, 2.24) is 36.0 Å². The van der Waals surface area contributed by atoms with Crippen LogP contribution in [0.3, 0.4) is 0 Å². The number of rotatable bonds is 11. The lowest BCUT2D eigenvalue weighted by Crippen LogP contribution is -2.64. The molecule has 12 heteroatoms. The van der Waals surface area contributed by atoms with Crippen molar-refractivity contribution in [2.24, 2.45) is 17.8 Å². The molecule has 0 aromatic heterocycles. The van der Waals surface area contributed by atoms with Gasteiger partial charge in [-0.1, -0.05) is 6.42 Å². The maximum Gasteiger partial charge on any atom is 0.223 e. The number of aliphatic hydroxyl groups excluding tert-OH is 1. The number of carbonyl (C=O) groups is 2. The largest absolute Gasteiger partial charge is 0.390 e. The van der Waals surface area contributed by atoms with Gasteiger partial charge in [-0.3, -0.25) is 30.4 Å². The molecule has 9 atom stereocenters. The Labute approximate surface area is 269 Å². The van der Waals surface area contributed by atoms with Crippen molar-refractivity contribution in [3.8, 4) is 0 Å². The molecular formula is C33H59N7O5. The number of aliphatic hydroxyl groups is 1. The summed E-state index contributed by atoms with van der Waals surface area (Å²) in [7, 11) is 0. The minimum Gasteiger partial charge on any atom is -0.390 e. The van der Waals surface area contributed by atoms with Crippen molar-refractivity contribution in [3.63, 3.8) is 0 Å². The Balaban J connectivity index is 0.923. The number of likely N-dealkylation sites (tertiary alicyclic amines) is 1. The molecule has 8 unspecified atom stereocenters. The maximum atomic E-state index is 13.5. The number of amides is 2. The van der Waals surface area contributed by atoms with Gasteiger partial charge < -0.3 is 29.7 Å². The fraction of sp³-hybridized carbons (Fsp3) is 0.939. The Kier molecular flexibility index (Phi) is 11.7. The first-order valence-electron chi connectivity index (χ1n) is 18.0. The summed E-state index contributed by atoms with van der Waals surface area (Å²) in [6.45, 7) is 11.1. The number of hydrogen-bond acceptors (Lipinski definition) is 10. The molecule has 2 aliphatic carbocycles. The molecule has 45 heavy (non-hydrogen) atoms. The lowest BCUT2D eigenvalue weighted by Gasteiger charge is -2.46. The van der Waals surface area contributed by atoms with Gasteiger partial charge in [0.25, 0.3) is 0 Å². The SMILES string of the molecule is CC(=O)N1CCN(C2CC(C(=O)NC[C@H](O)CN3CCC4CC(OCC5OCNC5C)CCC4C3)CC(NC3CCC3)N2)CC1. The van der Waals surface area contributed by atoms with Crippen molar-refractivity contribution in [3.05, 3.63) is 0 Å². The van der Waals surface area contributed by atoms with Crippen molar-refractivity contribution in [1.29, 1.82) is 0 Å². The highest BCUT2D eigenvalue weighted by Crippen LogP contribution is 2.37. The molecule has 6 aliphatic rings. The van der Waals surface area contributed by atoms with Gasteiger partial charge in [-0.15, -0.1) is 0 Å². The third-order valence-corrected chi connectivity index (χ3v) is 11.7. The van der Waals surface area contributed by atoms with Crippen LogP contribution in [-0.2, 0) is 19.1 Å². The number of carbonyl (C=O) groups excluding carboxylic acids is 2. The molecule has 2 amide bonds. The van der Waals surface area contributed by atoms with Crippen LogP contribution in [0, 0.1) is 17.8 Å². The lowest BCUT2D eigenvalue weighted by molar-refractivity contribution is -0.131. The van der Waals surface area contributed by atoms with E-state index in [4.69, 9.17) is 9.47 Å². The molecule has 4 saturated heterocycles. The average molecular weight is 634 g/mol. The van der Waals surface area contributed by atoms with Crippen LogP contribution in [0.1, 0.15) is 71.6 Å². The van der Waals surface area contributed by atoms with Gasteiger partial charge in [0.1, 0.15) is 0 Å². The Hall–Kier alpha value is -1.38. The smallest absolute Gasteiger partial charge is 0.223 e. The van der Waals surface area contributed by atoms with E-state index in [0.717, 1.165) is 71.4 Å². The predicted molar refractivity (Wildman–Crippen MR) is 171 cm³/mol. The quantitative estimate of drug-likeness (QED) is 0.216.